The maximum Gasteiger partial charge on any atom is 0.325 e. The molecule has 0 aliphatic carbocycles. The van der Waals surface area contributed by atoms with E-state index < -0.39 is 11.6 Å². The van der Waals surface area contributed by atoms with Gasteiger partial charge >= 0.3 is 11.9 Å². The molecule has 0 aliphatic rings. The van der Waals surface area contributed by atoms with Crippen LogP contribution in [0, 0.1) is 0 Å². The minimum Gasteiger partial charge on any atom is -0.480 e. The van der Waals surface area contributed by atoms with E-state index in [4.69, 9.17) is 9.84 Å². The van der Waals surface area contributed by atoms with Gasteiger partial charge in [-0.15, -0.1) is 0 Å². The highest BCUT2D eigenvalue weighted by Crippen LogP contribution is 2.26. The van der Waals surface area contributed by atoms with Gasteiger partial charge in [-0.3, -0.25) is 19.1 Å². The van der Waals surface area contributed by atoms with Gasteiger partial charge in [-0.25, -0.2) is 9.97 Å². The number of hydrogen-bond acceptors (Lipinski definition) is 7. The number of Topliss-reactive ketones (excluding diaryl/α,β-unsaturated/α-hetero) is 1. The van der Waals surface area contributed by atoms with Crippen molar-refractivity contribution in [1.29, 1.82) is 0 Å². The Morgan fingerprint density at radius 1 is 1.10 bits per heavy atom. The summed E-state index contributed by atoms with van der Waals surface area (Å²) in [6.45, 7) is 6.50. The van der Waals surface area contributed by atoms with Crippen LogP contribution in [0.5, 0.6) is 0 Å². The molecule has 0 aliphatic heterocycles. The molecular weight excluding hydrogens is 400 g/mol. The Balaban J connectivity index is 1.82. The first kappa shape index (κ1) is 22.1. The predicted octanol–water partition coefficient (Wildman–Crippen LogP) is 3.05. The molecule has 2 heterocycles. The van der Waals surface area contributed by atoms with Gasteiger partial charge in [0, 0.05) is 36.7 Å². The molecule has 31 heavy (non-hydrogen) atoms. The van der Waals surface area contributed by atoms with Gasteiger partial charge in [0.15, 0.2) is 5.78 Å². The lowest BCUT2D eigenvalue weighted by Crippen LogP contribution is -2.24. The monoisotopic (exact) mass is 424 g/mol. The topological polar surface area (TPSA) is 124 Å². The van der Waals surface area contributed by atoms with Crippen LogP contribution in [0.4, 0.5) is 0 Å². The summed E-state index contributed by atoms with van der Waals surface area (Å²) in [6.07, 6.45) is 3.85. The normalized spacial score (nSPS) is 11.5. The Hall–Kier alpha value is -3.62. The minimum absolute atomic E-state index is 0.188. The fourth-order valence-electron chi connectivity index (χ4n) is 3.11. The second-order valence-corrected chi connectivity index (χ2v) is 8.16. The average molecular weight is 424 g/mol. The number of hydrogen-bond donors (Lipinski definition) is 1. The zero-order valence-corrected chi connectivity index (χ0v) is 17.9. The van der Waals surface area contributed by atoms with Gasteiger partial charge in [-0.2, -0.15) is 5.10 Å². The maximum absolute atomic E-state index is 12.0. The highest BCUT2D eigenvalue weighted by molar-refractivity contribution is 6.06. The number of carboxylic acid groups (broad SMARTS) is 1. The van der Waals surface area contributed by atoms with Crippen LogP contribution in [-0.4, -0.2) is 48.2 Å². The van der Waals surface area contributed by atoms with E-state index in [1.54, 1.807) is 30.6 Å². The lowest BCUT2D eigenvalue weighted by molar-refractivity contribution is -0.154. The number of esters is 1. The van der Waals surface area contributed by atoms with Crippen molar-refractivity contribution >= 4 is 28.6 Å². The van der Waals surface area contributed by atoms with Crippen LogP contribution in [0.2, 0.25) is 0 Å². The number of ether oxygens (including phenoxy) is 1. The first-order valence-corrected chi connectivity index (χ1v) is 9.80. The molecule has 1 N–H and O–H groups in total. The van der Waals surface area contributed by atoms with Crippen LogP contribution in [0.15, 0.2) is 30.6 Å². The number of fused-ring (bicyclic) bond motifs is 1. The summed E-state index contributed by atoms with van der Waals surface area (Å²) in [7, 11) is 0. The first-order valence-electron chi connectivity index (χ1n) is 9.80. The lowest BCUT2D eigenvalue weighted by atomic mass is 10.0. The third-order valence-electron chi connectivity index (χ3n) is 4.38. The summed E-state index contributed by atoms with van der Waals surface area (Å²) >= 11 is 0. The third kappa shape index (κ3) is 5.50. The molecule has 2 aromatic heterocycles. The van der Waals surface area contributed by atoms with E-state index in [9.17, 15) is 14.4 Å². The van der Waals surface area contributed by atoms with Crippen molar-refractivity contribution in [3.8, 4) is 11.1 Å². The van der Waals surface area contributed by atoms with E-state index >= 15 is 0 Å². The first-order chi connectivity index (χ1) is 14.5. The zero-order chi connectivity index (χ0) is 22.8. The Kier molecular flexibility index (Phi) is 6.14. The molecule has 9 heteroatoms. The summed E-state index contributed by atoms with van der Waals surface area (Å²) in [5.74, 6) is -1.07. The van der Waals surface area contributed by atoms with Crippen molar-refractivity contribution in [2.75, 3.05) is 0 Å². The Bertz CT molecular complexity index is 1140. The van der Waals surface area contributed by atoms with Gasteiger partial charge in [-0.05, 0) is 38.5 Å². The molecule has 0 unspecified atom stereocenters. The average Bonchev–Trinajstić information content (AvgIpc) is 3.03. The Labute approximate surface area is 179 Å². The third-order valence-corrected chi connectivity index (χ3v) is 4.38. The van der Waals surface area contributed by atoms with Gasteiger partial charge in [0.05, 0.1) is 11.9 Å². The van der Waals surface area contributed by atoms with Crippen LogP contribution in [0.25, 0.3) is 22.0 Å². The quantitative estimate of drug-likeness (QED) is 0.453. The van der Waals surface area contributed by atoms with Crippen molar-refractivity contribution in [3.63, 3.8) is 0 Å². The van der Waals surface area contributed by atoms with Crippen LogP contribution < -0.4 is 0 Å². The lowest BCUT2D eigenvalue weighted by Gasteiger charge is -2.19. The molecular formula is C22H24N4O5. The van der Waals surface area contributed by atoms with Gasteiger partial charge in [-0.1, -0.05) is 6.07 Å². The van der Waals surface area contributed by atoms with Crippen LogP contribution in [0.3, 0.4) is 0 Å². The molecule has 0 spiro atoms. The molecule has 0 saturated heterocycles. The van der Waals surface area contributed by atoms with E-state index in [0.717, 1.165) is 11.1 Å². The SMILES string of the molecule is CC(=O)c1nn(CC(=O)O)c2ccc(-c3cnc(CCC(=O)OC(C)(C)C)nc3)cc12. The zero-order valence-electron chi connectivity index (χ0n) is 17.9. The number of carboxylic acids is 1. The second kappa shape index (κ2) is 8.63. The molecule has 3 aromatic rings. The van der Waals surface area contributed by atoms with Crippen molar-refractivity contribution in [2.24, 2.45) is 0 Å². The van der Waals surface area contributed by atoms with Crippen molar-refractivity contribution < 1.29 is 24.2 Å². The number of aryl methyl sites for hydroxylation is 1. The largest absolute Gasteiger partial charge is 0.480 e. The molecule has 3 rings (SSSR count). The molecule has 0 radical (unpaired) electrons. The second-order valence-electron chi connectivity index (χ2n) is 8.16. The smallest absolute Gasteiger partial charge is 0.325 e. The highest BCUT2D eigenvalue weighted by Gasteiger charge is 2.18. The predicted molar refractivity (Wildman–Crippen MR) is 113 cm³/mol. The van der Waals surface area contributed by atoms with E-state index in [0.29, 0.717) is 23.1 Å². The number of aliphatic carboxylic acids is 1. The Morgan fingerprint density at radius 2 is 1.77 bits per heavy atom. The number of benzene rings is 1. The van der Waals surface area contributed by atoms with Crippen LogP contribution in [-0.2, 0) is 27.3 Å². The van der Waals surface area contributed by atoms with Crippen LogP contribution >= 0.6 is 0 Å². The number of rotatable bonds is 7. The van der Waals surface area contributed by atoms with Crippen molar-refractivity contribution in [1.82, 2.24) is 19.7 Å². The minimum atomic E-state index is -1.04. The number of carbonyl (C=O) groups is 3. The summed E-state index contributed by atoms with van der Waals surface area (Å²) < 4.78 is 6.58. The summed E-state index contributed by atoms with van der Waals surface area (Å²) in [5.41, 5.74) is 1.74. The molecule has 9 nitrogen and oxygen atoms in total. The fourth-order valence-corrected chi connectivity index (χ4v) is 3.11. The fraction of sp³-hybridized carbons (Fsp3) is 0.364. The molecule has 162 valence electrons. The van der Waals surface area contributed by atoms with Crippen LogP contribution in [0.1, 0.15) is 50.4 Å². The maximum atomic E-state index is 12.0. The highest BCUT2D eigenvalue weighted by atomic mass is 16.6. The summed E-state index contributed by atoms with van der Waals surface area (Å²) in [6, 6.07) is 5.30. The van der Waals surface area contributed by atoms with Gasteiger partial charge in [0.1, 0.15) is 23.7 Å². The summed E-state index contributed by atoms with van der Waals surface area (Å²) in [4.78, 5) is 43.6. The summed E-state index contributed by atoms with van der Waals surface area (Å²) in [5, 5.41) is 13.8. The number of ketones is 1. The van der Waals surface area contributed by atoms with E-state index in [1.165, 1.54) is 11.6 Å². The Morgan fingerprint density at radius 3 is 2.35 bits per heavy atom. The van der Waals surface area contributed by atoms with E-state index in [1.807, 2.05) is 20.8 Å². The number of aromatic nitrogens is 4. The molecule has 0 saturated carbocycles. The van der Waals surface area contributed by atoms with Crippen molar-refractivity contribution in [2.45, 2.75) is 52.7 Å². The van der Waals surface area contributed by atoms with Crippen molar-refractivity contribution in [3.05, 3.63) is 42.1 Å². The molecule has 0 bridgehead atoms. The molecule has 1 aromatic carbocycles. The number of nitrogens with zero attached hydrogens (tertiary/aromatic N) is 4. The molecule has 0 atom stereocenters. The van der Waals surface area contributed by atoms with E-state index in [-0.39, 0.29) is 30.4 Å². The standard InChI is InChI=1S/C22H24N4O5/c1-13(27)21-16-9-14(5-6-17(16)26(25-21)12-19(28)29)15-10-23-18(24-11-15)7-8-20(30)31-22(2,3)4/h5-6,9-11H,7-8,12H2,1-4H3,(H,28,29). The van der Waals surface area contributed by atoms with Gasteiger partial charge in [0.25, 0.3) is 0 Å². The van der Waals surface area contributed by atoms with Gasteiger partial charge in [0.2, 0.25) is 0 Å². The van der Waals surface area contributed by atoms with Gasteiger partial charge < -0.3 is 9.84 Å². The number of carbonyl (C=O) groups excluding carboxylic acids is 2. The molecule has 0 fully saturated rings. The van der Waals surface area contributed by atoms with E-state index in [2.05, 4.69) is 15.1 Å². The molecule has 0 amide bonds.